The van der Waals surface area contributed by atoms with Crippen LogP contribution in [0.4, 0.5) is 17.6 Å². The normalized spacial score (nSPS) is 20.3. The van der Waals surface area contributed by atoms with Crippen molar-refractivity contribution in [2.75, 3.05) is 20.3 Å². The van der Waals surface area contributed by atoms with Gasteiger partial charge in [-0.1, -0.05) is 23.7 Å². The Morgan fingerprint density at radius 2 is 1.16 bits per heavy atom. The summed E-state index contributed by atoms with van der Waals surface area (Å²) >= 11 is 6.19. The number of amides is 4. The molecule has 2 fully saturated rings. The fraction of sp³-hybridized carbons (Fsp3) is 0.366. The zero-order chi connectivity index (χ0) is 43.9. The fourth-order valence-electron chi connectivity index (χ4n) is 7.66. The molecule has 0 saturated carbocycles. The van der Waals surface area contributed by atoms with Crippen LogP contribution in [-0.2, 0) is 35.7 Å². The average molecular weight is 871 g/mol. The van der Waals surface area contributed by atoms with Gasteiger partial charge in [0.25, 0.3) is 23.6 Å². The number of pyridine rings is 2. The first-order valence-corrected chi connectivity index (χ1v) is 19.5. The summed E-state index contributed by atoms with van der Waals surface area (Å²) in [5, 5.41) is 4.53. The number of rotatable bonds is 7. The molecule has 4 amide bonds. The second-order valence-electron chi connectivity index (χ2n) is 14.8. The van der Waals surface area contributed by atoms with E-state index in [0.29, 0.717) is 38.2 Å². The molecule has 322 valence electrons. The highest BCUT2D eigenvalue weighted by Crippen LogP contribution is 2.31. The Morgan fingerprint density at radius 3 is 1.62 bits per heavy atom. The standard InChI is InChI=1S/C21H21F2N3O5.C20H18ClF2N3O4/c1-11-5-6-31-16-10-25-9-14(18(27)19(30-2)17(25)21(29)26(11)16)20(28)24-8-12-3-4-13(22)7-15(12)23;1-10-4-5-30-15-9-25-8-13(18(27)16(21)17(25)20(29)26(10)15)19(28)24-7-11-2-3-12(22)6-14(11)23/h3-4,7,9,11,16H,5-6,8,10H2,1-2H3,(H,24,28);2-3,6,8,10,15H,4-5,7,9H2,1H3,(H,24,28)/t11-,16+;10-,15+/m11/s1. The van der Waals surface area contributed by atoms with Gasteiger partial charge in [-0.15, -0.1) is 0 Å². The van der Waals surface area contributed by atoms with Crippen LogP contribution in [-0.4, -0.2) is 87.4 Å². The van der Waals surface area contributed by atoms with Crippen molar-refractivity contribution in [3.05, 3.63) is 131 Å². The number of methoxy groups -OCH3 is 1. The van der Waals surface area contributed by atoms with Crippen LogP contribution in [0.2, 0.25) is 5.02 Å². The molecule has 0 radical (unpaired) electrons. The monoisotopic (exact) mass is 870 g/mol. The van der Waals surface area contributed by atoms with E-state index >= 15 is 0 Å². The maximum absolute atomic E-state index is 13.8. The zero-order valence-electron chi connectivity index (χ0n) is 32.9. The highest BCUT2D eigenvalue weighted by molar-refractivity contribution is 6.33. The van der Waals surface area contributed by atoms with E-state index in [1.54, 1.807) is 9.80 Å². The Hall–Kier alpha value is -6.05. The van der Waals surface area contributed by atoms with Crippen molar-refractivity contribution < 1.29 is 51.0 Å². The van der Waals surface area contributed by atoms with Gasteiger partial charge < -0.3 is 43.8 Å². The van der Waals surface area contributed by atoms with Crippen molar-refractivity contribution >= 4 is 35.2 Å². The van der Waals surface area contributed by atoms with Gasteiger partial charge >= 0.3 is 0 Å². The first-order valence-electron chi connectivity index (χ1n) is 19.2. The van der Waals surface area contributed by atoms with Crippen molar-refractivity contribution in [2.45, 2.75) is 77.4 Å². The maximum atomic E-state index is 13.8. The number of carbonyl (C=O) groups excluding carboxylic acids is 4. The largest absolute Gasteiger partial charge is 0.491 e. The van der Waals surface area contributed by atoms with Gasteiger partial charge in [-0.25, -0.2) is 17.6 Å². The van der Waals surface area contributed by atoms with E-state index in [1.165, 1.54) is 40.8 Å². The third kappa shape index (κ3) is 8.36. The third-order valence-corrected chi connectivity index (χ3v) is 11.3. The molecule has 4 aromatic rings. The number of halogens is 5. The molecule has 20 heteroatoms. The molecule has 4 atom stereocenters. The topological polar surface area (TPSA) is 171 Å². The first-order chi connectivity index (χ1) is 29.1. The Morgan fingerprint density at radius 1 is 0.721 bits per heavy atom. The molecule has 2 saturated heterocycles. The third-order valence-electron chi connectivity index (χ3n) is 10.9. The predicted molar refractivity (Wildman–Crippen MR) is 208 cm³/mol. The van der Waals surface area contributed by atoms with Crippen molar-refractivity contribution in [3.63, 3.8) is 0 Å². The summed E-state index contributed by atoms with van der Waals surface area (Å²) < 4.78 is 73.2. The molecule has 4 aliphatic rings. The number of nitrogens with zero attached hydrogens (tertiary/aromatic N) is 4. The van der Waals surface area contributed by atoms with Crippen LogP contribution in [0.1, 0.15) is 79.5 Å². The number of carbonyl (C=O) groups is 4. The summed E-state index contributed by atoms with van der Waals surface area (Å²) in [5.41, 5.74) is -1.89. The molecule has 2 aromatic carbocycles. The number of hydrogen-bond acceptors (Lipinski definition) is 9. The molecule has 6 heterocycles. The Bertz CT molecular complexity index is 2570. The quantitative estimate of drug-likeness (QED) is 0.261. The minimum atomic E-state index is -0.815. The van der Waals surface area contributed by atoms with Crippen LogP contribution in [0.3, 0.4) is 0 Å². The van der Waals surface area contributed by atoms with Gasteiger partial charge in [0, 0.05) is 60.8 Å². The van der Waals surface area contributed by atoms with E-state index in [1.807, 2.05) is 13.8 Å². The summed E-state index contributed by atoms with van der Waals surface area (Å²) in [5.74, 6) is -5.72. The Kier molecular flexibility index (Phi) is 12.4. The second kappa shape index (κ2) is 17.5. The molecule has 15 nitrogen and oxygen atoms in total. The van der Waals surface area contributed by atoms with E-state index < -0.39 is 70.2 Å². The maximum Gasteiger partial charge on any atom is 0.276 e. The van der Waals surface area contributed by atoms with Crippen molar-refractivity contribution in [2.24, 2.45) is 0 Å². The van der Waals surface area contributed by atoms with Crippen LogP contribution in [0.15, 0.2) is 58.4 Å². The summed E-state index contributed by atoms with van der Waals surface area (Å²) in [6.45, 7) is 4.75. The van der Waals surface area contributed by atoms with Gasteiger partial charge in [0.15, 0.2) is 23.9 Å². The fourth-order valence-corrected chi connectivity index (χ4v) is 7.95. The molecule has 2 aromatic heterocycles. The van der Waals surface area contributed by atoms with Gasteiger partial charge in [-0.2, -0.15) is 0 Å². The minimum absolute atomic E-state index is 0.0106. The van der Waals surface area contributed by atoms with E-state index in [4.69, 9.17) is 25.8 Å². The summed E-state index contributed by atoms with van der Waals surface area (Å²) in [4.78, 5) is 80.0. The van der Waals surface area contributed by atoms with Gasteiger partial charge in [0.1, 0.15) is 45.1 Å². The molecule has 61 heavy (non-hydrogen) atoms. The van der Waals surface area contributed by atoms with Crippen LogP contribution in [0.25, 0.3) is 0 Å². The van der Waals surface area contributed by atoms with E-state index in [2.05, 4.69) is 10.6 Å². The lowest BCUT2D eigenvalue weighted by atomic mass is 10.1. The molecule has 8 rings (SSSR count). The first kappa shape index (κ1) is 43.1. The molecule has 2 N–H and O–H groups in total. The molecule has 0 aliphatic carbocycles. The number of aromatic nitrogens is 2. The summed E-state index contributed by atoms with van der Waals surface area (Å²) in [7, 11) is 1.25. The second-order valence-corrected chi connectivity index (χ2v) is 15.2. The van der Waals surface area contributed by atoms with E-state index in [9.17, 15) is 46.3 Å². The Balaban J connectivity index is 0.000000184. The molecular weight excluding hydrogens is 832 g/mol. The minimum Gasteiger partial charge on any atom is -0.491 e. The number of hydrogen-bond donors (Lipinski definition) is 2. The SMILES string of the molecule is COc1c2n(cc(C(=O)NCc3ccc(F)cc3F)c1=O)C[C@@H]1OCC[C@@H](C)N1C2=O.C[C@@H]1CCO[C@H]2Cn3cc(C(=O)NCc4ccc(F)cc4F)c(=O)c(Cl)c3C(=O)N12. The lowest BCUT2D eigenvalue weighted by molar-refractivity contribution is -0.112. The van der Waals surface area contributed by atoms with Gasteiger partial charge in [-0.05, 0) is 38.8 Å². The Labute approximate surface area is 349 Å². The number of nitrogens with one attached hydrogen (secondary N) is 2. The number of fused-ring (bicyclic) bond motifs is 4. The molecule has 4 aliphatic heterocycles. The van der Waals surface area contributed by atoms with E-state index in [0.717, 1.165) is 12.1 Å². The smallest absolute Gasteiger partial charge is 0.276 e. The average Bonchev–Trinajstić information content (AvgIpc) is 3.21. The van der Waals surface area contributed by atoms with Crippen LogP contribution >= 0.6 is 11.6 Å². The number of benzene rings is 2. The van der Waals surface area contributed by atoms with Crippen LogP contribution in [0.5, 0.6) is 5.75 Å². The highest BCUT2D eigenvalue weighted by atomic mass is 35.5. The lowest BCUT2D eigenvalue weighted by Crippen LogP contribution is -2.57. The van der Waals surface area contributed by atoms with Crippen molar-refractivity contribution in [1.82, 2.24) is 29.6 Å². The van der Waals surface area contributed by atoms with Crippen molar-refractivity contribution in [3.8, 4) is 5.75 Å². The van der Waals surface area contributed by atoms with Crippen LogP contribution < -0.4 is 26.2 Å². The summed E-state index contributed by atoms with van der Waals surface area (Å²) in [6.07, 6.45) is 2.86. The van der Waals surface area contributed by atoms with Gasteiger partial charge in [0.2, 0.25) is 10.9 Å². The van der Waals surface area contributed by atoms with Gasteiger partial charge in [-0.3, -0.25) is 28.8 Å². The van der Waals surface area contributed by atoms with Gasteiger partial charge in [0.05, 0.1) is 33.4 Å². The highest BCUT2D eigenvalue weighted by Gasteiger charge is 2.42. The molecule has 0 bridgehead atoms. The molecule has 0 unspecified atom stereocenters. The van der Waals surface area contributed by atoms with Crippen molar-refractivity contribution in [1.29, 1.82) is 0 Å². The molecular formula is C41H39ClF4N6O9. The van der Waals surface area contributed by atoms with Crippen LogP contribution in [0, 0.1) is 23.3 Å². The van der Waals surface area contributed by atoms with E-state index in [-0.39, 0.29) is 82.7 Å². The number of ether oxygens (including phenoxy) is 3. The summed E-state index contributed by atoms with van der Waals surface area (Å²) in [6, 6.07) is 5.84. The molecule has 0 spiro atoms. The zero-order valence-corrected chi connectivity index (χ0v) is 33.7. The predicted octanol–water partition coefficient (Wildman–Crippen LogP) is 3.96. The lowest BCUT2D eigenvalue weighted by Gasteiger charge is -2.44.